The first kappa shape index (κ1) is 18.1. The molecule has 0 aromatic carbocycles. The molecule has 0 saturated carbocycles. The van der Waals surface area contributed by atoms with E-state index in [0.717, 1.165) is 43.2 Å². The summed E-state index contributed by atoms with van der Waals surface area (Å²) < 4.78 is 28.4. The molecule has 146 valence electrons. The van der Waals surface area contributed by atoms with Gasteiger partial charge in [0.25, 0.3) is 5.92 Å². The molecule has 2 aromatic heterocycles. The van der Waals surface area contributed by atoms with Crippen molar-refractivity contribution in [1.29, 1.82) is 0 Å². The summed E-state index contributed by atoms with van der Waals surface area (Å²) in [6.07, 6.45) is 5.37. The third-order valence-corrected chi connectivity index (χ3v) is 5.70. The molecular weight excluding hydrogens is 354 g/mol. The van der Waals surface area contributed by atoms with E-state index in [0.29, 0.717) is 6.42 Å². The summed E-state index contributed by atoms with van der Waals surface area (Å²) in [5.74, 6) is -0.675. The number of aryl methyl sites for hydroxylation is 1. The minimum Gasteiger partial charge on any atom is -0.353 e. The van der Waals surface area contributed by atoms with Gasteiger partial charge in [0.15, 0.2) is 5.82 Å². The highest BCUT2D eigenvalue weighted by Gasteiger charge is 2.36. The van der Waals surface area contributed by atoms with Gasteiger partial charge in [-0.25, -0.2) is 13.8 Å². The molecule has 27 heavy (non-hydrogen) atoms. The van der Waals surface area contributed by atoms with Crippen LogP contribution in [0.15, 0.2) is 12.4 Å². The highest BCUT2D eigenvalue weighted by molar-refractivity contribution is 5.76. The molecule has 2 aliphatic rings. The lowest BCUT2D eigenvalue weighted by Gasteiger charge is -2.35. The Labute approximate surface area is 156 Å². The largest absolute Gasteiger partial charge is 0.353 e. The molecule has 9 heteroatoms. The minimum absolute atomic E-state index is 0.0114. The van der Waals surface area contributed by atoms with Gasteiger partial charge >= 0.3 is 0 Å². The van der Waals surface area contributed by atoms with Crippen LogP contribution >= 0.6 is 0 Å². The van der Waals surface area contributed by atoms with Crippen molar-refractivity contribution in [1.82, 2.24) is 24.5 Å². The lowest BCUT2D eigenvalue weighted by Crippen LogP contribution is -2.44. The van der Waals surface area contributed by atoms with Crippen LogP contribution in [-0.4, -0.2) is 62.5 Å². The van der Waals surface area contributed by atoms with E-state index >= 15 is 0 Å². The van der Waals surface area contributed by atoms with Gasteiger partial charge in [0, 0.05) is 57.8 Å². The standard InChI is InChI=1S/C18H24F2N6O/c1-13-22-23-17-16(21-6-11-26(13)17)25-7-2-14(3-8-25)12-15(27)24-9-4-18(19,20)5-10-24/h6,11,14H,2-5,7-10,12H2,1H3. The van der Waals surface area contributed by atoms with Gasteiger partial charge in [-0.1, -0.05) is 0 Å². The van der Waals surface area contributed by atoms with E-state index in [1.165, 1.54) is 0 Å². The van der Waals surface area contributed by atoms with Gasteiger partial charge in [-0.2, -0.15) is 0 Å². The van der Waals surface area contributed by atoms with Crippen molar-refractivity contribution in [3.05, 3.63) is 18.2 Å². The summed E-state index contributed by atoms with van der Waals surface area (Å²) in [7, 11) is 0. The van der Waals surface area contributed by atoms with Crippen LogP contribution in [0.2, 0.25) is 0 Å². The Morgan fingerprint density at radius 3 is 2.59 bits per heavy atom. The van der Waals surface area contributed by atoms with Gasteiger partial charge in [-0.15, -0.1) is 10.2 Å². The maximum Gasteiger partial charge on any atom is 0.251 e. The van der Waals surface area contributed by atoms with Crippen molar-refractivity contribution in [3.8, 4) is 0 Å². The molecule has 2 aliphatic heterocycles. The van der Waals surface area contributed by atoms with Crippen LogP contribution in [0, 0.1) is 12.8 Å². The number of hydrogen-bond acceptors (Lipinski definition) is 5. The fraction of sp³-hybridized carbons (Fsp3) is 0.667. The summed E-state index contributed by atoms with van der Waals surface area (Å²) >= 11 is 0. The molecule has 0 atom stereocenters. The monoisotopic (exact) mass is 378 g/mol. The highest BCUT2D eigenvalue weighted by atomic mass is 19.3. The molecule has 0 aliphatic carbocycles. The lowest BCUT2D eigenvalue weighted by atomic mass is 9.92. The summed E-state index contributed by atoms with van der Waals surface area (Å²) in [6, 6.07) is 0. The Morgan fingerprint density at radius 1 is 1.19 bits per heavy atom. The number of piperidine rings is 2. The lowest BCUT2D eigenvalue weighted by molar-refractivity contribution is -0.138. The molecule has 0 spiro atoms. The van der Waals surface area contributed by atoms with Crippen molar-refractivity contribution < 1.29 is 13.6 Å². The zero-order valence-electron chi connectivity index (χ0n) is 15.4. The molecule has 2 fully saturated rings. The van der Waals surface area contributed by atoms with E-state index in [4.69, 9.17) is 0 Å². The number of carbonyl (C=O) groups is 1. The molecule has 2 saturated heterocycles. The number of nitrogens with zero attached hydrogens (tertiary/aromatic N) is 6. The minimum atomic E-state index is -2.61. The van der Waals surface area contributed by atoms with Gasteiger partial charge in [0.2, 0.25) is 11.6 Å². The average Bonchev–Trinajstić information content (AvgIpc) is 3.04. The number of halogens is 2. The molecule has 4 heterocycles. The topological polar surface area (TPSA) is 66.6 Å². The fourth-order valence-corrected chi connectivity index (χ4v) is 3.96. The quantitative estimate of drug-likeness (QED) is 0.820. The normalized spacial score (nSPS) is 21.0. The smallest absolute Gasteiger partial charge is 0.251 e. The molecule has 0 radical (unpaired) electrons. The van der Waals surface area contributed by atoms with E-state index in [-0.39, 0.29) is 37.8 Å². The molecule has 4 rings (SSSR count). The first-order valence-electron chi connectivity index (χ1n) is 9.50. The Morgan fingerprint density at radius 2 is 1.89 bits per heavy atom. The van der Waals surface area contributed by atoms with E-state index in [1.807, 2.05) is 17.5 Å². The summed E-state index contributed by atoms with van der Waals surface area (Å²) in [5.41, 5.74) is 0.749. The number of likely N-dealkylation sites (tertiary alicyclic amines) is 1. The second kappa shape index (κ2) is 7.01. The second-order valence-corrected chi connectivity index (χ2v) is 7.56. The van der Waals surface area contributed by atoms with Crippen LogP contribution in [0.25, 0.3) is 5.65 Å². The maximum atomic E-state index is 13.3. The molecule has 0 unspecified atom stereocenters. The average molecular weight is 378 g/mol. The van der Waals surface area contributed by atoms with Crippen LogP contribution in [0.1, 0.15) is 37.9 Å². The van der Waals surface area contributed by atoms with Crippen LogP contribution in [0.3, 0.4) is 0 Å². The van der Waals surface area contributed by atoms with Crippen LogP contribution < -0.4 is 4.90 Å². The molecule has 2 aromatic rings. The SMILES string of the molecule is Cc1nnc2c(N3CCC(CC(=O)N4CCC(F)(F)CC4)CC3)nccn12. The van der Waals surface area contributed by atoms with E-state index in [9.17, 15) is 13.6 Å². The third kappa shape index (κ3) is 3.72. The molecule has 0 bridgehead atoms. The molecule has 0 N–H and O–H groups in total. The first-order chi connectivity index (χ1) is 12.9. The van der Waals surface area contributed by atoms with E-state index in [2.05, 4.69) is 20.1 Å². The van der Waals surface area contributed by atoms with E-state index in [1.54, 1.807) is 11.1 Å². The van der Waals surface area contributed by atoms with Crippen LogP contribution in [0.5, 0.6) is 0 Å². The first-order valence-corrected chi connectivity index (χ1v) is 9.50. The number of carbonyl (C=O) groups excluding carboxylic acids is 1. The number of aromatic nitrogens is 4. The third-order valence-electron chi connectivity index (χ3n) is 5.70. The zero-order chi connectivity index (χ0) is 19.0. The Hall–Kier alpha value is -2.32. The Kier molecular flexibility index (Phi) is 4.69. The predicted octanol–water partition coefficient (Wildman–Crippen LogP) is 2.30. The fourth-order valence-electron chi connectivity index (χ4n) is 3.96. The van der Waals surface area contributed by atoms with Gasteiger partial charge < -0.3 is 9.80 Å². The van der Waals surface area contributed by atoms with Crippen LogP contribution in [-0.2, 0) is 4.79 Å². The predicted molar refractivity (Wildman–Crippen MR) is 95.8 cm³/mol. The van der Waals surface area contributed by atoms with Crippen molar-refractivity contribution >= 4 is 17.4 Å². The van der Waals surface area contributed by atoms with Crippen molar-refractivity contribution in [2.75, 3.05) is 31.1 Å². The maximum absolute atomic E-state index is 13.3. The zero-order valence-corrected chi connectivity index (χ0v) is 15.4. The van der Waals surface area contributed by atoms with Gasteiger partial charge in [-0.05, 0) is 25.7 Å². The summed E-state index contributed by atoms with van der Waals surface area (Å²) in [4.78, 5) is 20.7. The number of anilines is 1. The number of alkyl halides is 2. The number of fused-ring (bicyclic) bond motifs is 1. The highest BCUT2D eigenvalue weighted by Crippen LogP contribution is 2.30. The molecule has 1 amide bonds. The molecular formula is C18H24F2N6O. The van der Waals surface area contributed by atoms with Crippen LogP contribution in [0.4, 0.5) is 14.6 Å². The number of rotatable bonds is 3. The van der Waals surface area contributed by atoms with Crippen molar-refractivity contribution in [2.24, 2.45) is 5.92 Å². The van der Waals surface area contributed by atoms with Crippen molar-refractivity contribution in [2.45, 2.75) is 45.0 Å². The van der Waals surface area contributed by atoms with Gasteiger partial charge in [-0.3, -0.25) is 9.20 Å². The van der Waals surface area contributed by atoms with Crippen molar-refractivity contribution in [3.63, 3.8) is 0 Å². The Balaban J connectivity index is 1.33. The number of amides is 1. The second-order valence-electron chi connectivity index (χ2n) is 7.56. The van der Waals surface area contributed by atoms with Gasteiger partial charge in [0.05, 0.1) is 0 Å². The molecule has 7 nitrogen and oxygen atoms in total. The summed E-state index contributed by atoms with van der Waals surface area (Å²) in [5, 5.41) is 8.33. The number of hydrogen-bond donors (Lipinski definition) is 0. The Bertz CT molecular complexity index is 820. The van der Waals surface area contributed by atoms with Gasteiger partial charge in [0.1, 0.15) is 5.82 Å². The summed E-state index contributed by atoms with van der Waals surface area (Å²) in [6.45, 7) is 3.84. The van der Waals surface area contributed by atoms with E-state index < -0.39 is 5.92 Å².